The highest BCUT2D eigenvalue weighted by Gasteiger charge is 2.25. The van der Waals surface area contributed by atoms with Gasteiger partial charge in [0.1, 0.15) is 21.4 Å². The van der Waals surface area contributed by atoms with E-state index in [-0.39, 0.29) is 29.4 Å². The van der Waals surface area contributed by atoms with Gasteiger partial charge < -0.3 is 10.1 Å². The van der Waals surface area contributed by atoms with Gasteiger partial charge in [0, 0.05) is 23.7 Å². The Hall–Kier alpha value is -1.14. The molecule has 1 unspecified atom stereocenters. The fourth-order valence-electron chi connectivity index (χ4n) is 2.49. The maximum Gasteiger partial charge on any atom is 0.150 e. The molecule has 1 aromatic carbocycles. The number of rotatable bonds is 4. The molecule has 1 aliphatic rings. The van der Waals surface area contributed by atoms with Gasteiger partial charge in [-0.25, -0.2) is 12.8 Å². The summed E-state index contributed by atoms with van der Waals surface area (Å²) in [5.74, 6) is 0.598. The second-order valence-corrected chi connectivity index (χ2v) is 7.51. The van der Waals surface area contributed by atoms with Crippen LogP contribution in [0.4, 0.5) is 4.39 Å². The zero-order valence-electron chi connectivity index (χ0n) is 11.7. The summed E-state index contributed by atoms with van der Waals surface area (Å²) >= 11 is 0. The maximum absolute atomic E-state index is 13.9. The Morgan fingerprint density at radius 2 is 2.00 bits per heavy atom. The van der Waals surface area contributed by atoms with Crippen LogP contribution in [0.3, 0.4) is 0 Å². The van der Waals surface area contributed by atoms with Crippen molar-refractivity contribution in [1.82, 2.24) is 5.32 Å². The topological polar surface area (TPSA) is 55.4 Å². The fraction of sp³-hybridized carbons (Fsp3) is 0.571. The molecule has 0 aromatic heterocycles. The highest BCUT2D eigenvalue weighted by atomic mass is 32.2. The number of benzene rings is 1. The number of sulfone groups is 1. The molecule has 4 nitrogen and oxygen atoms in total. The number of nitrogens with one attached hydrogen (secondary N) is 1. The normalized spacial score (nSPS) is 20.6. The van der Waals surface area contributed by atoms with Gasteiger partial charge in [-0.15, -0.1) is 0 Å². The first-order chi connectivity index (χ1) is 9.41. The van der Waals surface area contributed by atoms with Crippen molar-refractivity contribution in [2.24, 2.45) is 0 Å². The van der Waals surface area contributed by atoms with Crippen LogP contribution in [0, 0.1) is 5.82 Å². The van der Waals surface area contributed by atoms with Crippen LogP contribution in [0.5, 0.6) is 5.75 Å². The maximum atomic E-state index is 13.9. The highest BCUT2D eigenvalue weighted by molar-refractivity contribution is 7.91. The van der Waals surface area contributed by atoms with Crippen molar-refractivity contribution in [3.8, 4) is 5.75 Å². The summed E-state index contributed by atoms with van der Waals surface area (Å²) in [6, 6.07) is 4.74. The fourth-order valence-corrected chi connectivity index (χ4v) is 3.98. The van der Waals surface area contributed by atoms with Gasteiger partial charge >= 0.3 is 0 Å². The highest BCUT2D eigenvalue weighted by Crippen LogP contribution is 2.23. The second-order valence-electron chi connectivity index (χ2n) is 5.20. The molecule has 1 heterocycles. The van der Waals surface area contributed by atoms with Crippen LogP contribution in [-0.4, -0.2) is 33.1 Å². The quantitative estimate of drug-likeness (QED) is 0.925. The first-order valence-electron chi connectivity index (χ1n) is 6.71. The number of halogens is 1. The van der Waals surface area contributed by atoms with Gasteiger partial charge in [0.15, 0.2) is 0 Å². The Morgan fingerprint density at radius 3 is 2.55 bits per heavy atom. The van der Waals surface area contributed by atoms with Crippen LogP contribution in [0.2, 0.25) is 0 Å². The lowest BCUT2D eigenvalue weighted by Gasteiger charge is -2.27. The van der Waals surface area contributed by atoms with Crippen molar-refractivity contribution in [3.05, 3.63) is 29.6 Å². The predicted octanol–water partition coefficient (Wildman–Crippen LogP) is 2.06. The largest absolute Gasteiger partial charge is 0.497 e. The van der Waals surface area contributed by atoms with E-state index in [0.717, 1.165) is 0 Å². The van der Waals surface area contributed by atoms with Crippen molar-refractivity contribution in [2.45, 2.75) is 31.8 Å². The van der Waals surface area contributed by atoms with Crippen LogP contribution >= 0.6 is 0 Å². The first-order valence-corrected chi connectivity index (χ1v) is 8.53. The lowest BCUT2D eigenvalue weighted by atomic mass is 10.0. The lowest BCUT2D eigenvalue weighted by molar-refractivity contribution is 0.400. The van der Waals surface area contributed by atoms with E-state index in [1.54, 1.807) is 12.1 Å². The Kier molecular flexibility index (Phi) is 4.65. The first kappa shape index (κ1) is 15.3. The monoisotopic (exact) mass is 301 g/mol. The standard InChI is InChI=1S/C14H20FNO3S/c1-10(13-4-3-12(19-2)9-14(13)15)16-11-5-7-20(17,18)8-6-11/h3-4,9-11,16H,5-8H2,1-2H3. The van der Waals surface area contributed by atoms with E-state index in [9.17, 15) is 12.8 Å². The molecular weight excluding hydrogens is 281 g/mol. The molecule has 2 rings (SSSR count). The molecule has 1 fully saturated rings. The molecule has 0 aliphatic carbocycles. The molecule has 1 N–H and O–H groups in total. The van der Waals surface area contributed by atoms with Crippen molar-refractivity contribution in [3.63, 3.8) is 0 Å². The molecule has 1 saturated heterocycles. The lowest BCUT2D eigenvalue weighted by Crippen LogP contribution is -2.39. The third kappa shape index (κ3) is 3.70. The molecule has 112 valence electrons. The molecular formula is C14H20FNO3S. The third-order valence-electron chi connectivity index (χ3n) is 3.71. The van der Waals surface area contributed by atoms with Crippen molar-refractivity contribution in [2.75, 3.05) is 18.6 Å². The van der Waals surface area contributed by atoms with Gasteiger partial charge in [0.05, 0.1) is 18.6 Å². The molecule has 0 saturated carbocycles. The minimum atomic E-state index is -2.86. The zero-order valence-corrected chi connectivity index (χ0v) is 12.5. The smallest absolute Gasteiger partial charge is 0.150 e. The Labute approximate surface area is 119 Å². The zero-order chi connectivity index (χ0) is 14.8. The van der Waals surface area contributed by atoms with E-state index < -0.39 is 9.84 Å². The van der Waals surface area contributed by atoms with Crippen molar-refractivity contribution >= 4 is 9.84 Å². The molecule has 0 radical (unpaired) electrons. The van der Waals surface area contributed by atoms with E-state index in [2.05, 4.69) is 5.32 Å². The second kappa shape index (κ2) is 6.10. The van der Waals surface area contributed by atoms with Gasteiger partial charge in [0.2, 0.25) is 0 Å². The number of methoxy groups -OCH3 is 1. The van der Waals surface area contributed by atoms with Gasteiger partial charge in [0.25, 0.3) is 0 Å². The summed E-state index contributed by atoms with van der Waals surface area (Å²) in [5.41, 5.74) is 0.569. The molecule has 0 bridgehead atoms. The molecule has 20 heavy (non-hydrogen) atoms. The molecule has 6 heteroatoms. The summed E-state index contributed by atoms with van der Waals surface area (Å²) in [5, 5.41) is 3.31. The van der Waals surface area contributed by atoms with Gasteiger partial charge in [-0.05, 0) is 25.8 Å². The number of hydrogen-bond acceptors (Lipinski definition) is 4. The summed E-state index contributed by atoms with van der Waals surface area (Å²) in [7, 11) is -1.37. The summed E-state index contributed by atoms with van der Waals surface area (Å²) in [4.78, 5) is 0. The van der Waals surface area contributed by atoms with Crippen LogP contribution in [0.25, 0.3) is 0 Å². The molecule has 0 amide bonds. The Morgan fingerprint density at radius 1 is 1.35 bits per heavy atom. The Balaban J connectivity index is 2.00. The van der Waals surface area contributed by atoms with E-state index in [4.69, 9.17) is 4.74 Å². The summed E-state index contributed by atoms with van der Waals surface area (Å²) in [6.07, 6.45) is 1.18. The summed E-state index contributed by atoms with van der Waals surface area (Å²) < 4.78 is 41.7. The minimum Gasteiger partial charge on any atom is -0.497 e. The van der Waals surface area contributed by atoms with E-state index >= 15 is 0 Å². The predicted molar refractivity (Wildman–Crippen MR) is 76.2 cm³/mol. The van der Waals surface area contributed by atoms with Gasteiger partial charge in [-0.1, -0.05) is 6.07 Å². The number of hydrogen-bond donors (Lipinski definition) is 1. The Bertz CT molecular complexity index is 560. The van der Waals surface area contributed by atoms with E-state index in [1.807, 2.05) is 6.92 Å². The SMILES string of the molecule is COc1ccc(C(C)NC2CCS(=O)(=O)CC2)c(F)c1. The number of ether oxygens (including phenoxy) is 1. The van der Waals surface area contributed by atoms with Crippen LogP contribution < -0.4 is 10.1 Å². The van der Waals surface area contributed by atoms with E-state index in [1.165, 1.54) is 13.2 Å². The average Bonchev–Trinajstić information content (AvgIpc) is 2.40. The molecule has 0 spiro atoms. The summed E-state index contributed by atoms with van der Waals surface area (Å²) in [6.45, 7) is 1.88. The molecule has 1 aromatic rings. The van der Waals surface area contributed by atoms with Gasteiger partial charge in [-0.3, -0.25) is 0 Å². The minimum absolute atomic E-state index is 0.120. The third-order valence-corrected chi connectivity index (χ3v) is 5.43. The van der Waals surface area contributed by atoms with Crippen LogP contribution in [-0.2, 0) is 9.84 Å². The van der Waals surface area contributed by atoms with Crippen LogP contribution in [0.1, 0.15) is 31.4 Å². The van der Waals surface area contributed by atoms with Crippen molar-refractivity contribution in [1.29, 1.82) is 0 Å². The van der Waals surface area contributed by atoms with Gasteiger partial charge in [-0.2, -0.15) is 0 Å². The molecule has 1 aliphatic heterocycles. The van der Waals surface area contributed by atoms with E-state index in [0.29, 0.717) is 24.2 Å². The molecule has 1 atom stereocenters. The van der Waals surface area contributed by atoms with Crippen molar-refractivity contribution < 1.29 is 17.5 Å². The average molecular weight is 301 g/mol. The van der Waals surface area contributed by atoms with Crippen LogP contribution in [0.15, 0.2) is 18.2 Å².